The molecular formula is C16H17NO3. The number of hydrogen-bond donors (Lipinski definition) is 2. The predicted molar refractivity (Wildman–Crippen MR) is 78.1 cm³/mol. The van der Waals surface area contributed by atoms with E-state index in [2.05, 4.69) is 5.32 Å². The summed E-state index contributed by atoms with van der Waals surface area (Å²) in [6.45, 7) is 2.55. The van der Waals surface area contributed by atoms with Crippen molar-refractivity contribution >= 4 is 11.6 Å². The maximum atomic E-state index is 11.9. The molecular weight excluding hydrogens is 254 g/mol. The van der Waals surface area contributed by atoms with Crippen LogP contribution in [0.25, 0.3) is 0 Å². The van der Waals surface area contributed by atoms with E-state index in [0.29, 0.717) is 12.3 Å². The number of ether oxygens (including phenoxy) is 1. The second kappa shape index (κ2) is 6.61. The number of rotatable bonds is 5. The van der Waals surface area contributed by atoms with Gasteiger partial charge in [0.25, 0.3) is 0 Å². The minimum Gasteiger partial charge on any atom is -0.508 e. The molecule has 0 heterocycles. The first-order chi connectivity index (χ1) is 9.67. The van der Waals surface area contributed by atoms with Crippen LogP contribution in [-0.4, -0.2) is 17.6 Å². The van der Waals surface area contributed by atoms with Crippen molar-refractivity contribution in [1.29, 1.82) is 0 Å². The number of carbonyl (C=O) groups excluding carboxylic acids is 1. The van der Waals surface area contributed by atoms with E-state index in [-0.39, 0.29) is 18.1 Å². The second-order valence-corrected chi connectivity index (χ2v) is 4.35. The summed E-state index contributed by atoms with van der Waals surface area (Å²) in [5.41, 5.74) is 1.49. The number of benzene rings is 2. The van der Waals surface area contributed by atoms with Crippen LogP contribution < -0.4 is 10.1 Å². The molecule has 0 aromatic heterocycles. The highest BCUT2D eigenvalue weighted by Crippen LogP contribution is 2.16. The summed E-state index contributed by atoms with van der Waals surface area (Å²) >= 11 is 0. The first-order valence-corrected chi connectivity index (χ1v) is 6.48. The Bertz CT molecular complexity index is 579. The number of carbonyl (C=O) groups is 1. The Morgan fingerprint density at radius 3 is 2.60 bits per heavy atom. The topological polar surface area (TPSA) is 58.6 Å². The van der Waals surface area contributed by atoms with Gasteiger partial charge >= 0.3 is 0 Å². The van der Waals surface area contributed by atoms with E-state index < -0.39 is 0 Å². The average Bonchev–Trinajstić information content (AvgIpc) is 2.41. The van der Waals surface area contributed by atoms with Crippen LogP contribution in [-0.2, 0) is 11.2 Å². The van der Waals surface area contributed by atoms with Crippen LogP contribution in [0.2, 0.25) is 0 Å². The van der Waals surface area contributed by atoms with Crippen LogP contribution in [0.4, 0.5) is 5.69 Å². The molecule has 104 valence electrons. The van der Waals surface area contributed by atoms with Crippen LogP contribution >= 0.6 is 0 Å². The largest absolute Gasteiger partial charge is 0.508 e. The normalized spacial score (nSPS) is 10.1. The Labute approximate surface area is 118 Å². The predicted octanol–water partition coefficient (Wildman–Crippen LogP) is 2.97. The van der Waals surface area contributed by atoms with E-state index in [1.807, 2.05) is 31.2 Å². The summed E-state index contributed by atoms with van der Waals surface area (Å²) in [6, 6.07) is 13.9. The molecule has 2 aromatic carbocycles. The number of hydrogen-bond acceptors (Lipinski definition) is 3. The highest BCUT2D eigenvalue weighted by atomic mass is 16.5. The summed E-state index contributed by atoms with van der Waals surface area (Å²) in [7, 11) is 0. The molecule has 4 heteroatoms. The lowest BCUT2D eigenvalue weighted by atomic mass is 10.1. The van der Waals surface area contributed by atoms with Crippen molar-refractivity contribution in [2.24, 2.45) is 0 Å². The lowest BCUT2D eigenvalue weighted by Crippen LogP contribution is -2.14. The number of phenols is 1. The Morgan fingerprint density at radius 2 is 1.95 bits per heavy atom. The van der Waals surface area contributed by atoms with E-state index in [1.54, 1.807) is 18.2 Å². The van der Waals surface area contributed by atoms with Gasteiger partial charge in [0, 0.05) is 11.8 Å². The zero-order chi connectivity index (χ0) is 14.4. The number of nitrogens with one attached hydrogen (secondary N) is 1. The van der Waals surface area contributed by atoms with Crippen molar-refractivity contribution in [2.75, 3.05) is 11.9 Å². The number of amides is 1. The molecule has 0 aliphatic rings. The summed E-state index contributed by atoms with van der Waals surface area (Å²) in [6.07, 6.45) is 0.280. The maximum absolute atomic E-state index is 11.9. The Kier molecular flexibility index (Phi) is 4.60. The van der Waals surface area contributed by atoms with E-state index in [1.165, 1.54) is 6.07 Å². The van der Waals surface area contributed by atoms with Crippen LogP contribution in [0.15, 0.2) is 48.5 Å². The maximum Gasteiger partial charge on any atom is 0.228 e. The van der Waals surface area contributed by atoms with Crippen molar-refractivity contribution in [3.05, 3.63) is 54.1 Å². The summed E-state index contributed by atoms with van der Waals surface area (Å²) < 4.78 is 5.35. The highest BCUT2D eigenvalue weighted by molar-refractivity contribution is 5.92. The van der Waals surface area contributed by atoms with Gasteiger partial charge in [-0.25, -0.2) is 0 Å². The quantitative estimate of drug-likeness (QED) is 0.879. The first kappa shape index (κ1) is 13.9. The number of anilines is 1. The average molecular weight is 271 g/mol. The molecule has 0 fully saturated rings. The molecule has 2 aromatic rings. The van der Waals surface area contributed by atoms with E-state index >= 15 is 0 Å². The van der Waals surface area contributed by atoms with Crippen molar-refractivity contribution in [1.82, 2.24) is 0 Å². The van der Waals surface area contributed by atoms with E-state index in [0.717, 1.165) is 11.3 Å². The molecule has 0 aliphatic heterocycles. The molecule has 0 radical (unpaired) electrons. The highest BCUT2D eigenvalue weighted by Gasteiger charge is 2.05. The van der Waals surface area contributed by atoms with Gasteiger partial charge in [0.05, 0.1) is 13.0 Å². The third-order valence-corrected chi connectivity index (χ3v) is 2.73. The second-order valence-electron chi connectivity index (χ2n) is 4.35. The lowest BCUT2D eigenvalue weighted by molar-refractivity contribution is -0.115. The molecule has 0 unspecified atom stereocenters. The summed E-state index contributed by atoms with van der Waals surface area (Å²) in [5, 5.41) is 12.1. The molecule has 4 nitrogen and oxygen atoms in total. The molecule has 0 bridgehead atoms. The number of phenolic OH excluding ortho intramolecular Hbond substituents is 1. The van der Waals surface area contributed by atoms with Gasteiger partial charge in [-0.05, 0) is 36.8 Å². The van der Waals surface area contributed by atoms with Crippen LogP contribution in [0, 0.1) is 0 Å². The van der Waals surface area contributed by atoms with Gasteiger partial charge in [-0.2, -0.15) is 0 Å². The zero-order valence-corrected chi connectivity index (χ0v) is 11.3. The third-order valence-electron chi connectivity index (χ3n) is 2.73. The molecule has 0 saturated carbocycles. The van der Waals surface area contributed by atoms with Crippen LogP contribution in [0.5, 0.6) is 11.5 Å². The fourth-order valence-electron chi connectivity index (χ4n) is 1.84. The Hall–Kier alpha value is -2.49. The lowest BCUT2D eigenvalue weighted by Gasteiger charge is -2.07. The Morgan fingerprint density at radius 1 is 1.20 bits per heavy atom. The molecule has 2 rings (SSSR count). The van der Waals surface area contributed by atoms with Crippen molar-refractivity contribution < 1.29 is 14.6 Å². The molecule has 0 saturated heterocycles. The van der Waals surface area contributed by atoms with Gasteiger partial charge in [-0.1, -0.05) is 18.2 Å². The fourth-order valence-corrected chi connectivity index (χ4v) is 1.84. The third kappa shape index (κ3) is 4.02. The van der Waals surface area contributed by atoms with Gasteiger partial charge in [0.2, 0.25) is 5.91 Å². The molecule has 0 atom stereocenters. The molecule has 0 spiro atoms. The minimum absolute atomic E-state index is 0.125. The first-order valence-electron chi connectivity index (χ1n) is 6.48. The van der Waals surface area contributed by atoms with Gasteiger partial charge in [0.1, 0.15) is 11.5 Å². The minimum atomic E-state index is -0.125. The monoisotopic (exact) mass is 271 g/mol. The Balaban J connectivity index is 1.94. The van der Waals surface area contributed by atoms with Crippen LogP contribution in [0.1, 0.15) is 12.5 Å². The van der Waals surface area contributed by atoms with E-state index in [4.69, 9.17) is 4.74 Å². The van der Waals surface area contributed by atoms with Gasteiger partial charge in [-0.15, -0.1) is 0 Å². The van der Waals surface area contributed by atoms with Crippen molar-refractivity contribution in [2.45, 2.75) is 13.3 Å². The van der Waals surface area contributed by atoms with Crippen molar-refractivity contribution in [3.63, 3.8) is 0 Å². The van der Waals surface area contributed by atoms with Crippen molar-refractivity contribution in [3.8, 4) is 11.5 Å². The SMILES string of the molecule is CCOc1ccc(CC(=O)Nc2cccc(O)c2)cc1. The van der Waals surface area contributed by atoms with Gasteiger partial charge in [-0.3, -0.25) is 4.79 Å². The smallest absolute Gasteiger partial charge is 0.228 e. The van der Waals surface area contributed by atoms with Crippen LogP contribution in [0.3, 0.4) is 0 Å². The molecule has 0 aliphatic carbocycles. The molecule has 2 N–H and O–H groups in total. The zero-order valence-electron chi connectivity index (χ0n) is 11.3. The summed E-state index contributed by atoms with van der Waals surface area (Å²) in [4.78, 5) is 11.9. The van der Waals surface area contributed by atoms with Gasteiger partial charge in [0.15, 0.2) is 0 Å². The van der Waals surface area contributed by atoms with Gasteiger partial charge < -0.3 is 15.2 Å². The molecule has 20 heavy (non-hydrogen) atoms. The molecule has 1 amide bonds. The fraction of sp³-hybridized carbons (Fsp3) is 0.188. The van der Waals surface area contributed by atoms with E-state index in [9.17, 15) is 9.90 Å². The summed E-state index contributed by atoms with van der Waals surface area (Å²) in [5.74, 6) is 0.799. The standard InChI is InChI=1S/C16H17NO3/c1-2-20-15-8-6-12(7-9-15)10-16(19)17-13-4-3-5-14(18)11-13/h3-9,11,18H,2,10H2,1H3,(H,17,19). The number of aromatic hydroxyl groups is 1.